The van der Waals surface area contributed by atoms with Gasteiger partial charge in [0.25, 0.3) is 0 Å². The molecule has 5 heteroatoms. The third-order valence-electron chi connectivity index (χ3n) is 2.71. The van der Waals surface area contributed by atoms with Crippen LogP contribution in [0.5, 0.6) is 0 Å². The minimum absolute atomic E-state index is 0.672. The number of hydrogen-bond acceptors (Lipinski definition) is 5. The maximum Gasteiger partial charge on any atom is 0.0666 e. The van der Waals surface area contributed by atoms with Gasteiger partial charge in [-0.2, -0.15) is 0 Å². The van der Waals surface area contributed by atoms with Crippen LogP contribution in [-0.4, -0.2) is 40.7 Å². The van der Waals surface area contributed by atoms with Gasteiger partial charge in [0, 0.05) is 19.1 Å². The Balaban J connectivity index is 1.85. The van der Waals surface area contributed by atoms with Crippen molar-refractivity contribution in [3.05, 3.63) is 11.1 Å². The summed E-state index contributed by atoms with van der Waals surface area (Å²) in [5.41, 5.74) is 0. The summed E-state index contributed by atoms with van der Waals surface area (Å²) in [6.07, 6.45) is 4.45. The average molecular weight is 212 g/mol. The van der Waals surface area contributed by atoms with Crippen molar-refractivity contribution in [3.63, 3.8) is 0 Å². The maximum atomic E-state index is 3.87. The van der Waals surface area contributed by atoms with Gasteiger partial charge in [-0.15, -0.1) is 5.10 Å². The number of nitrogens with one attached hydrogen (secondary N) is 1. The fraction of sp³-hybridized carbons (Fsp3) is 0.778. The molecule has 1 unspecified atom stereocenters. The number of likely N-dealkylation sites (N-methyl/N-ethyl adjacent to an activating group) is 1. The van der Waals surface area contributed by atoms with E-state index in [0.29, 0.717) is 6.04 Å². The number of hydrogen-bond donors (Lipinski definition) is 1. The summed E-state index contributed by atoms with van der Waals surface area (Å²) in [7, 11) is 2.18. The Morgan fingerprint density at radius 1 is 1.71 bits per heavy atom. The van der Waals surface area contributed by atoms with Gasteiger partial charge in [-0.1, -0.05) is 4.49 Å². The van der Waals surface area contributed by atoms with Gasteiger partial charge in [-0.3, -0.25) is 4.90 Å². The normalized spacial score (nSPS) is 22.9. The van der Waals surface area contributed by atoms with Crippen LogP contribution in [0.25, 0.3) is 0 Å². The quantitative estimate of drug-likeness (QED) is 0.801. The Labute approximate surface area is 88.5 Å². The van der Waals surface area contributed by atoms with E-state index in [0.717, 1.165) is 13.1 Å². The second kappa shape index (κ2) is 4.82. The molecule has 0 aliphatic carbocycles. The SMILES string of the molecule is CN(Cc1cnns1)C1CCCNC1. The van der Waals surface area contributed by atoms with Crippen molar-refractivity contribution in [2.75, 3.05) is 20.1 Å². The number of rotatable bonds is 3. The number of piperidine rings is 1. The van der Waals surface area contributed by atoms with Crippen LogP contribution in [0.15, 0.2) is 6.20 Å². The van der Waals surface area contributed by atoms with E-state index in [1.54, 1.807) is 0 Å². The first-order valence-electron chi connectivity index (χ1n) is 5.03. The molecule has 1 aliphatic rings. The van der Waals surface area contributed by atoms with E-state index < -0.39 is 0 Å². The lowest BCUT2D eigenvalue weighted by atomic mass is 10.1. The minimum Gasteiger partial charge on any atom is -0.315 e. The molecule has 1 saturated heterocycles. The first-order valence-corrected chi connectivity index (χ1v) is 5.81. The molecule has 0 amide bonds. The molecule has 2 heterocycles. The van der Waals surface area contributed by atoms with Crippen LogP contribution in [0.3, 0.4) is 0 Å². The fourth-order valence-corrected chi connectivity index (χ4v) is 2.40. The van der Waals surface area contributed by atoms with Gasteiger partial charge < -0.3 is 5.32 Å². The summed E-state index contributed by atoms with van der Waals surface area (Å²) in [6.45, 7) is 3.26. The highest BCUT2D eigenvalue weighted by molar-refractivity contribution is 7.05. The molecule has 1 aromatic heterocycles. The molecule has 1 N–H and O–H groups in total. The van der Waals surface area contributed by atoms with Crippen LogP contribution >= 0.6 is 11.5 Å². The largest absolute Gasteiger partial charge is 0.315 e. The van der Waals surface area contributed by atoms with Crippen molar-refractivity contribution in [3.8, 4) is 0 Å². The molecule has 0 saturated carbocycles. The molecule has 4 nitrogen and oxygen atoms in total. The van der Waals surface area contributed by atoms with Crippen LogP contribution in [0.4, 0.5) is 0 Å². The molecule has 0 bridgehead atoms. The average Bonchev–Trinajstić information content (AvgIpc) is 2.72. The van der Waals surface area contributed by atoms with Gasteiger partial charge in [0.05, 0.1) is 11.1 Å². The van der Waals surface area contributed by atoms with Crippen LogP contribution in [-0.2, 0) is 6.54 Å². The van der Waals surface area contributed by atoms with E-state index in [2.05, 4.69) is 26.9 Å². The highest BCUT2D eigenvalue weighted by Crippen LogP contribution is 2.13. The lowest BCUT2D eigenvalue weighted by Gasteiger charge is -2.31. The second-order valence-electron chi connectivity index (χ2n) is 3.80. The highest BCUT2D eigenvalue weighted by Gasteiger charge is 2.17. The Morgan fingerprint density at radius 3 is 3.29 bits per heavy atom. The molecule has 1 aliphatic heterocycles. The van der Waals surface area contributed by atoms with Crippen molar-refractivity contribution < 1.29 is 0 Å². The topological polar surface area (TPSA) is 41.1 Å². The number of aromatic nitrogens is 2. The van der Waals surface area contributed by atoms with Crippen LogP contribution in [0, 0.1) is 0 Å². The summed E-state index contributed by atoms with van der Waals surface area (Å²) in [5.74, 6) is 0. The van der Waals surface area contributed by atoms with Crippen molar-refractivity contribution in [1.29, 1.82) is 0 Å². The second-order valence-corrected chi connectivity index (χ2v) is 4.67. The van der Waals surface area contributed by atoms with E-state index in [1.807, 2.05) is 6.20 Å². The lowest BCUT2D eigenvalue weighted by molar-refractivity contribution is 0.197. The predicted molar refractivity (Wildman–Crippen MR) is 57.3 cm³/mol. The van der Waals surface area contributed by atoms with Crippen molar-refractivity contribution in [2.45, 2.75) is 25.4 Å². The smallest absolute Gasteiger partial charge is 0.0666 e. The first kappa shape index (κ1) is 10.0. The van der Waals surface area contributed by atoms with Crippen molar-refractivity contribution >= 4 is 11.5 Å². The molecule has 1 fully saturated rings. The third-order valence-corrected chi connectivity index (χ3v) is 3.35. The fourth-order valence-electron chi connectivity index (χ4n) is 1.84. The Bertz CT molecular complexity index is 256. The predicted octanol–water partition coefficient (Wildman–Crippen LogP) is 0.722. The standard InChI is InChI=1S/C9H16N4S/c1-13(7-9-6-11-12-14-9)8-3-2-4-10-5-8/h6,8,10H,2-5,7H2,1H3. The van der Waals surface area contributed by atoms with Gasteiger partial charge in [0.1, 0.15) is 0 Å². The molecule has 2 rings (SSSR count). The summed E-state index contributed by atoms with van der Waals surface area (Å²) in [4.78, 5) is 3.64. The van der Waals surface area contributed by atoms with Gasteiger partial charge in [0.2, 0.25) is 0 Å². The van der Waals surface area contributed by atoms with Crippen molar-refractivity contribution in [2.24, 2.45) is 0 Å². The Hall–Kier alpha value is -0.520. The van der Waals surface area contributed by atoms with Crippen LogP contribution in [0.1, 0.15) is 17.7 Å². The van der Waals surface area contributed by atoms with Crippen molar-refractivity contribution in [1.82, 2.24) is 19.8 Å². The van der Waals surface area contributed by atoms with E-state index in [1.165, 1.54) is 35.8 Å². The molecule has 0 spiro atoms. The molecule has 1 atom stereocenters. The monoisotopic (exact) mass is 212 g/mol. The Morgan fingerprint density at radius 2 is 2.64 bits per heavy atom. The van der Waals surface area contributed by atoms with E-state index >= 15 is 0 Å². The van der Waals surface area contributed by atoms with Crippen LogP contribution < -0.4 is 5.32 Å². The molecule has 1 aromatic rings. The summed E-state index contributed by atoms with van der Waals surface area (Å²) < 4.78 is 3.87. The van der Waals surface area contributed by atoms with Gasteiger partial charge in [0.15, 0.2) is 0 Å². The summed E-state index contributed by atoms with van der Waals surface area (Å²) in [5, 5.41) is 7.27. The lowest BCUT2D eigenvalue weighted by Crippen LogP contribution is -2.43. The minimum atomic E-state index is 0.672. The van der Waals surface area contributed by atoms with Crippen LogP contribution in [0.2, 0.25) is 0 Å². The number of nitrogens with zero attached hydrogens (tertiary/aromatic N) is 3. The summed E-state index contributed by atoms with van der Waals surface area (Å²) >= 11 is 1.49. The van der Waals surface area contributed by atoms with E-state index in [9.17, 15) is 0 Å². The zero-order chi connectivity index (χ0) is 9.80. The molecule has 0 radical (unpaired) electrons. The Kier molecular flexibility index (Phi) is 3.44. The maximum absolute atomic E-state index is 3.87. The van der Waals surface area contributed by atoms with E-state index in [4.69, 9.17) is 0 Å². The zero-order valence-corrected chi connectivity index (χ0v) is 9.26. The van der Waals surface area contributed by atoms with Gasteiger partial charge >= 0.3 is 0 Å². The molecule has 0 aromatic carbocycles. The highest BCUT2D eigenvalue weighted by atomic mass is 32.1. The van der Waals surface area contributed by atoms with E-state index in [-0.39, 0.29) is 0 Å². The molecule has 14 heavy (non-hydrogen) atoms. The van der Waals surface area contributed by atoms with Gasteiger partial charge in [-0.05, 0) is 38.0 Å². The molecular weight excluding hydrogens is 196 g/mol. The first-order chi connectivity index (χ1) is 6.86. The van der Waals surface area contributed by atoms with Gasteiger partial charge in [-0.25, -0.2) is 0 Å². The molecular formula is C9H16N4S. The third kappa shape index (κ3) is 2.50. The summed E-state index contributed by atoms with van der Waals surface area (Å²) in [6, 6.07) is 0.672. The zero-order valence-electron chi connectivity index (χ0n) is 8.44. The molecule has 78 valence electrons.